The maximum absolute atomic E-state index is 13.1. The van der Waals surface area contributed by atoms with Crippen molar-refractivity contribution >= 4 is 31.1 Å². The Hall–Kier alpha value is -3.61. The standard InChI is InChI=1S/C39H46IN4O8P/c1-26(2)44(27(3)4)53(50-22-10-21-41)52-34-23-36(43-24-33(40)37(45)42-38(43)46)51-35(34)25-49-39(28-11-8-7-9-12-28,29-13-17-31(47-5)18-14-29)30-15-19-32(48-6)20-16-30/h7-9,11-20,24,26-27,34-36H,10,22-23,25H2,1-6H3,(H,42,45,46)/t34-,35-,36-,53?/m1/s1. The number of aromatic nitrogens is 2. The third-order valence-corrected chi connectivity index (χ3v) is 11.9. The highest BCUT2D eigenvalue weighted by Gasteiger charge is 2.45. The van der Waals surface area contributed by atoms with Crippen LogP contribution in [0.2, 0.25) is 0 Å². The highest BCUT2D eigenvalue weighted by atomic mass is 127. The van der Waals surface area contributed by atoms with Gasteiger partial charge in [-0.1, -0.05) is 54.6 Å². The summed E-state index contributed by atoms with van der Waals surface area (Å²) in [6.07, 6.45) is -0.105. The van der Waals surface area contributed by atoms with Crippen LogP contribution in [-0.4, -0.2) is 65.9 Å². The van der Waals surface area contributed by atoms with Gasteiger partial charge in [0, 0.05) is 24.7 Å². The Bertz CT molecular complexity index is 1880. The van der Waals surface area contributed by atoms with E-state index in [1.54, 1.807) is 14.2 Å². The molecule has 14 heteroatoms. The lowest BCUT2D eigenvalue weighted by molar-refractivity contribution is -0.0926. The van der Waals surface area contributed by atoms with Crippen LogP contribution in [0, 0.1) is 14.9 Å². The summed E-state index contributed by atoms with van der Waals surface area (Å²) >= 11 is 1.90. The molecule has 0 aliphatic carbocycles. The summed E-state index contributed by atoms with van der Waals surface area (Å²) in [7, 11) is 1.58. The van der Waals surface area contributed by atoms with Crippen molar-refractivity contribution in [1.82, 2.24) is 14.2 Å². The molecule has 0 spiro atoms. The van der Waals surface area contributed by atoms with Gasteiger partial charge in [0.2, 0.25) is 0 Å². The van der Waals surface area contributed by atoms with Gasteiger partial charge in [-0.3, -0.25) is 14.3 Å². The molecule has 5 rings (SSSR count). The monoisotopic (exact) mass is 856 g/mol. The molecule has 1 N–H and O–H groups in total. The molecule has 1 unspecified atom stereocenters. The first kappa shape index (κ1) is 40.6. The van der Waals surface area contributed by atoms with E-state index in [4.69, 9.17) is 28.0 Å². The van der Waals surface area contributed by atoms with Crippen molar-refractivity contribution in [1.29, 1.82) is 5.26 Å². The number of nitriles is 1. The summed E-state index contributed by atoms with van der Waals surface area (Å²) < 4.78 is 41.9. The quantitative estimate of drug-likeness (QED) is 0.0506. The fraction of sp³-hybridized carbons (Fsp3) is 0.410. The molecule has 0 saturated carbocycles. The number of benzene rings is 3. The van der Waals surface area contributed by atoms with Crippen LogP contribution in [0.3, 0.4) is 0 Å². The summed E-state index contributed by atoms with van der Waals surface area (Å²) in [4.78, 5) is 27.8. The van der Waals surface area contributed by atoms with E-state index in [-0.39, 0.29) is 38.1 Å². The smallest absolute Gasteiger partial charge is 0.330 e. The minimum atomic E-state index is -1.67. The number of halogens is 1. The molecule has 1 aromatic heterocycles. The average molecular weight is 857 g/mol. The fourth-order valence-electron chi connectivity index (χ4n) is 6.50. The van der Waals surface area contributed by atoms with Crippen molar-refractivity contribution in [2.24, 2.45) is 0 Å². The van der Waals surface area contributed by atoms with Gasteiger partial charge in [0.25, 0.3) is 14.1 Å². The van der Waals surface area contributed by atoms with Gasteiger partial charge in [0.15, 0.2) is 0 Å². The Balaban J connectivity index is 1.60. The van der Waals surface area contributed by atoms with Gasteiger partial charge in [-0.25, -0.2) is 9.46 Å². The molecular weight excluding hydrogens is 810 g/mol. The van der Waals surface area contributed by atoms with Crippen LogP contribution in [0.25, 0.3) is 0 Å². The van der Waals surface area contributed by atoms with Gasteiger partial charge < -0.3 is 28.0 Å². The van der Waals surface area contributed by atoms with Gasteiger partial charge in [0.1, 0.15) is 29.4 Å². The maximum Gasteiger partial charge on any atom is 0.330 e. The first-order valence-electron chi connectivity index (χ1n) is 17.4. The van der Waals surface area contributed by atoms with Crippen molar-refractivity contribution in [3.63, 3.8) is 0 Å². The number of aromatic amines is 1. The second kappa shape index (κ2) is 18.6. The number of rotatable bonds is 17. The van der Waals surface area contributed by atoms with Gasteiger partial charge in [-0.2, -0.15) is 5.26 Å². The molecule has 4 atom stereocenters. The number of H-pyrrole nitrogens is 1. The van der Waals surface area contributed by atoms with Gasteiger partial charge in [-0.15, -0.1) is 0 Å². The van der Waals surface area contributed by atoms with Crippen molar-refractivity contribution in [3.05, 3.63) is 126 Å². The Kier molecular flexibility index (Phi) is 14.3. The van der Waals surface area contributed by atoms with Crippen LogP contribution < -0.4 is 20.7 Å². The third kappa shape index (κ3) is 9.38. The summed E-state index contributed by atoms with van der Waals surface area (Å²) in [5.74, 6) is 1.40. The van der Waals surface area contributed by atoms with Crippen LogP contribution in [0.4, 0.5) is 0 Å². The summed E-state index contributed by atoms with van der Waals surface area (Å²) in [6.45, 7) is 8.51. The van der Waals surface area contributed by atoms with Crippen LogP contribution in [-0.2, 0) is 24.1 Å². The van der Waals surface area contributed by atoms with Crippen molar-refractivity contribution in [2.45, 2.75) is 76.7 Å². The van der Waals surface area contributed by atoms with E-state index >= 15 is 0 Å². The van der Waals surface area contributed by atoms with Crippen molar-refractivity contribution in [3.8, 4) is 17.6 Å². The maximum atomic E-state index is 13.1. The van der Waals surface area contributed by atoms with Crippen LogP contribution in [0.15, 0.2) is 94.6 Å². The van der Waals surface area contributed by atoms with Gasteiger partial charge in [0.05, 0.1) is 49.6 Å². The molecule has 1 aliphatic heterocycles. The molecule has 0 bridgehead atoms. The lowest BCUT2D eigenvalue weighted by atomic mass is 9.80. The summed E-state index contributed by atoms with van der Waals surface area (Å²) in [5.41, 5.74) is 0.382. The second-order valence-electron chi connectivity index (χ2n) is 13.0. The normalized spacial score (nSPS) is 18.0. The highest BCUT2D eigenvalue weighted by molar-refractivity contribution is 14.1. The Morgan fingerprint density at radius 3 is 2.04 bits per heavy atom. The number of methoxy groups -OCH3 is 2. The molecule has 4 aromatic rings. The number of ether oxygens (including phenoxy) is 4. The van der Waals surface area contributed by atoms with Crippen molar-refractivity contribution < 1.29 is 28.0 Å². The van der Waals surface area contributed by atoms with E-state index < -0.39 is 43.8 Å². The van der Waals surface area contributed by atoms with E-state index in [2.05, 4.69) is 43.4 Å². The molecule has 53 heavy (non-hydrogen) atoms. The Labute approximate surface area is 325 Å². The van der Waals surface area contributed by atoms with E-state index in [1.807, 2.05) is 101 Å². The molecule has 12 nitrogen and oxygen atoms in total. The lowest BCUT2D eigenvalue weighted by Crippen LogP contribution is -2.39. The molecule has 0 radical (unpaired) electrons. The zero-order valence-corrected chi connectivity index (χ0v) is 33.8. The molecule has 1 aliphatic rings. The Morgan fingerprint density at radius 1 is 0.943 bits per heavy atom. The zero-order chi connectivity index (χ0) is 38.1. The predicted molar refractivity (Wildman–Crippen MR) is 211 cm³/mol. The Morgan fingerprint density at radius 2 is 1.51 bits per heavy atom. The van der Waals surface area contributed by atoms with E-state index in [0.717, 1.165) is 16.7 Å². The predicted octanol–water partition coefficient (Wildman–Crippen LogP) is 7.12. The zero-order valence-electron chi connectivity index (χ0n) is 30.7. The third-order valence-electron chi connectivity index (χ3n) is 8.94. The second-order valence-corrected chi connectivity index (χ2v) is 15.6. The number of nitrogens with one attached hydrogen (secondary N) is 1. The summed E-state index contributed by atoms with van der Waals surface area (Å²) in [5, 5.41) is 9.29. The highest BCUT2D eigenvalue weighted by Crippen LogP contribution is 2.50. The van der Waals surface area contributed by atoms with Crippen LogP contribution in [0.5, 0.6) is 11.5 Å². The first-order valence-corrected chi connectivity index (χ1v) is 19.6. The number of nitrogens with zero attached hydrogens (tertiary/aromatic N) is 3. The SMILES string of the molecule is COc1ccc(C(OC[C@H]2O[C@@H](n3cc(I)c(=O)[nH]c3=O)C[C@H]2OP(OCCC#N)N(C(C)C)C(C)C)(c2ccccc2)c2ccc(OC)cc2)cc1. The largest absolute Gasteiger partial charge is 0.497 e. The lowest BCUT2D eigenvalue weighted by Gasteiger charge is -2.39. The van der Waals surface area contributed by atoms with Crippen LogP contribution >= 0.6 is 31.1 Å². The first-order chi connectivity index (χ1) is 25.5. The molecule has 2 heterocycles. The summed E-state index contributed by atoms with van der Waals surface area (Å²) in [6, 6.07) is 27.7. The number of hydrogen-bond donors (Lipinski definition) is 1. The van der Waals surface area contributed by atoms with Gasteiger partial charge >= 0.3 is 5.69 Å². The number of hydrogen-bond acceptors (Lipinski definition) is 10. The molecule has 1 saturated heterocycles. The molecule has 1 fully saturated rings. The van der Waals surface area contributed by atoms with Gasteiger partial charge in [-0.05, 0) is 91.2 Å². The average Bonchev–Trinajstić information content (AvgIpc) is 3.56. The van der Waals surface area contributed by atoms with Crippen molar-refractivity contribution in [2.75, 3.05) is 27.4 Å². The molecular formula is C39H46IN4O8P. The van der Waals surface area contributed by atoms with E-state index in [0.29, 0.717) is 15.1 Å². The topological polar surface area (TPSA) is 137 Å². The minimum absolute atomic E-state index is 0.0358. The minimum Gasteiger partial charge on any atom is -0.497 e. The fourth-order valence-corrected chi connectivity index (χ4v) is 8.69. The molecule has 3 aromatic carbocycles. The molecule has 0 amide bonds. The van der Waals surface area contributed by atoms with Crippen LogP contribution in [0.1, 0.15) is 63.5 Å². The van der Waals surface area contributed by atoms with E-state index in [9.17, 15) is 14.9 Å². The van der Waals surface area contributed by atoms with E-state index in [1.165, 1.54) is 10.8 Å². The molecule has 282 valence electrons.